The molecule has 0 aromatic heterocycles. The van der Waals surface area contributed by atoms with Gasteiger partial charge in [-0.1, -0.05) is 6.07 Å². The molecule has 1 aliphatic heterocycles. The van der Waals surface area contributed by atoms with Crippen molar-refractivity contribution in [2.24, 2.45) is 4.99 Å². The number of nitrogens with zero attached hydrogens (tertiary/aromatic N) is 2. The Kier molecular flexibility index (Phi) is 6.27. The van der Waals surface area contributed by atoms with Gasteiger partial charge < -0.3 is 9.47 Å². The van der Waals surface area contributed by atoms with Crippen LogP contribution in [0.5, 0.6) is 5.75 Å². The first-order chi connectivity index (χ1) is 15.0. The van der Waals surface area contributed by atoms with Crippen molar-refractivity contribution < 1.29 is 40.6 Å². The molecule has 6 nitrogen and oxygen atoms in total. The standard InChI is InChI=1S/C20H13F6N3O3/c21-19(22,23)17-7-13(2-1-12(17)8-27)18(20(24,25)26)29-9-16(32-18)10-31-15-5-3-14(4-6-15)28-11-30/h1-7,16,29H,9-10H2/t16-,18+/m0/s1. The van der Waals surface area contributed by atoms with E-state index in [9.17, 15) is 31.1 Å². The lowest BCUT2D eigenvalue weighted by atomic mass is 9.96. The van der Waals surface area contributed by atoms with Crippen LogP contribution in [0.4, 0.5) is 32.0 Å². The molecule has 168 valence electrons. The molecule has 1 aliphatic rings. The van der Waals surface area contributed by atoms with Gasteiger partial charge in [-0.15, -0.1) is 0 Å². The van der Waals surface area contributed by atoms with E-state index in [4.69, 9.17) is 14.7 Å². The van der Waals surface area contributed by atoms with E-state index >= 15 is 0 Å². The number of alkyl halides is 6. The van der Waals surface area contributed by atoms with Crippen LogP contribution in [0.15, 0.2) is 47.5 Å². The number of nitriles is 1. The molecule has 1 fully saturated rings. The highest BCUT2D eigenvalue weighted by molar-refractivity contribution is 5.50. The Hall–Kier alpha value is -3.39. The van der Waals surface area contributed by atoms with E-state index in [2.05, 4.69) is 10.3 Å². The number of nitrogens with one attached hydrogen (secondary N) is 1. The van der Waals surface area contributed by atoms with Gasteiger partial charge in [-0.05, 0) is 36.4 Å². The fraction of sp³-hybridized carbons (Fsp3) is 0.300. The highest BCUT2D eigenvalue weighted by Crippen LogP contribution is 2.45. The van der Waals surface area contributed by atoms with E-state index in [-0.39, 0.29) is 25.0 Å². The first kappa shape index (κ1) is 23.3. The maximum Gasteiger partial charge on any atom is 0.435 e. The molecule has 0 radical (unpaired) electrons. The van der Waals surface area contributed by atoms with Gasteiger partial charge in [0.05, 0.1) is 22.9 Å². The fourth-order valence-corrected chi connectivity index (χ4v) is 3.14. The molecular weight excluding hydrogens is 444 g/mol. The third-order valence-electron chi connectivity index (χ3n) is 4.62. The predicted molar refractivity (Wildman–Crippen MR) is 96.5 cm³/mol. The second-order valence-corrected chi connectivity index (χ2v) is 6.68. The lowest BCUT2D eigenvalue weighted by Gasteiger charge is -2.32. The van der Waals surface area contributed by atoms with Gasteiger partial charge in [0, 0.05) is 12.1 Å². The minimum Gasteiger partial charge on any atom is -0.491 e. The molecule has 0 unspecified atom stereocenters. The summed E-state index contributed by atoms with van der Waals surface area (Å²) in [5.41, 5.74) is -6.06. The average Bonchev–Trinajstić information content (AvgIpc) is 3.18. The minimum atomic E-state index is -5.12. The predicted octanol–water partition coefficient (Wildman–Crippen LogP) is 4.33. The summed E-state index contributed by atoms with van der Waals surface area (Å²) in [5.74, 6) is 0.251. The number of halogens is 6. The SMILES string of the molecule is N#Cc1ccc([C@@]2(C(F)(F)F)NC[C@@H](COc3ccc(N=C=O)cc3)O2)cc1C(F)(F)F. The molecular formula is C20H13F6N3O3. The van der Waals surface area contributed by atoms with Gasteiger partial charge in [0.2, 0.25) is 11.8 Å². The Bertz CT molecular complexity index is 1070. The van der Waals surface area contributed by atoms with E-state index in [1.807, 2.05) is 0 Å². The molecule has 32 heavy (non-hydrogen) atoms. The minimum absolute atomic E-state index is 0.251. The topological polar surface area (TPSA) is 83.7 Å². The third-order valence-corrected chi connectivity index (χ3v) is 4.62. The van der Waals surface area contributed by atoms with Crippen molar-refractivity contribution in [1.29, 1.82) is 5.26 Å². The van der Waals surface area contributed by atoms with Crippen LogP contribution in [0.2, 0.25) is 0 Å². The van der Waals surface area contributed by atoms with E-state index in [1.165, 1.54) is 36.4 Å². The number of aliphatic imine (C=N–C) groups is 1. The largest absolute Gasteiger partial charge is 0.491 e. The van der Waals surface area contributed by atoms with Crippen LogP contribution < -0.4 is 10.1 Å². The van der Waals surface area contributed by atoms with Gasteiger partial charge in [0.1, 0.15) is 18.5 Å². The first-order valence-electron chi connectivity index (χ1n) is 8.92. The van der Waals surface area contributed by atoms with Crippen LogP contribution in [-0.2, 0) is 21.4 Å². The number of rotatable bonds is 5. The monoisotopic (exact) mass is 457 g/mol. The summed E-state index contributed by atoms with van der Waals surface area (Å²) < 4.78 is 92.1. The summed E-state index contributed by atoms with van der Waals surface area (Å²) in [7, 11) is 0. The number of ether oxygens (including phenoxy) is 2. The van der Waals surface area contributed by atoms with Crippen LogP contribution in [0, 0.1) is 11.3 Å². The Morgan fingerprint density at radius 2 is 1.84 bits per heavy atom. The first-order valence-corrected chi connectivity index (χ1v) is 8.92. The molecule has 0 spiro atoms. The average molecular weight is 457 g/mol. The van der Waals surface area contributed by atoms with Crippen LogP contribution >= 0.6 is 0 Å². The lowest BCUT2D eigenvalue weighted by Crippen LogP contribution is -2.51. The summed E-state index contributed by atoms with van der Waals surface area (Å²) in [6.07, 6.45) is -9.96. The second-order valence-electron chi connectivity index (χ2n) is 6.68. The van der Waals surface area contributed by atoms with Crippen LogP contribution in [0.1, 0.15) is 16.7 Å². The van der Waals surface area contributed by atoms with Crippen molar-refractivity contribution in [3.63, 3.8) is 0 Å². The highest BCUT2D eigenvalue weighted by Gasteiger charge is 2.62. The van der Waals surface area contributed by atoms with Gasteiger partial charge in [-0.2, -0.15) is 36.6 Å². The summed E-state index contributed by atoms with van der Waals surface area (Å²) >= 11 is 0. The molecule has 1 saturated heterocycles. The van der Waals surface area contributed by atoms with Gasteiger partial charge in [0.25, 0.3) is 0 Å². The maximum atomic E-state index is 13.9. The molecule has 12 heteroatoms. The van der Waals surface area contributed by atoms with E-state index in [0.717, 1.165) is 6.07 Å². The summed E-state index contributed by atoms with van der Waals surface area (Å²) in [6.45, 7) is -0.710. The lowest BCUT2D eigenvalue weighted by molar-refractivity contribution is -0.287. The zero-order chi connectivity index (χ0) is 23.6. The van der Waals surface area contributed by atoms with Crippen molar-refractivity contribution in [1.82, 2.24) is 5.32 Å². The molecule has 2 aromatic rings. The van der Waals surface area contributed by atoms with E-state index < -0.39 is 40.9 Å². The van der Waals surface area contributed by atoms with Gasteiger partial charge >= 0.3 is 12.4 Å². The van der Waals surface area contributed by atoms with Crippen LogP contribution in [-0.4, -0.2) is 31.5 Å². The molecule has 2 aromatic carbocycles. The normalized spacial score (nSPS) is 21.0. The van der Waals surface area contributed by atoms with Crippen molar-refractivity contribution >= 4 is 11.8 Å². The third kappa shape index (κ3) is 4.60. The van der Waals surface area contributed by atoms with Gasteiger partial charge in [0.15, 0.2) is 0 Å². The molecule has 0 bridgehead atoms. The summed E-state index contributed by atoms with van der Waals surface area (Å²) in [5, 5.41) is 11.0. The second kappa shape index (κ2) is 8.63. The number of hydrogen-bond donors (Lipinski definition) is 1. The van der Waals surface area contributed by atoms with Crippen molar-refractivity contribution in [3.8, 4) is 11.8 Å². The van der Waals surface area contributed by atoms with Gasteiger partial charge in [-0.25, -0.2) is 4.79 Å². The smallest absolute Gasteiger partial charge is 0.435 e. The quantitative estimate of drug-likeness (QED) is 0.411. The van der Waals surface area contributed by atoms with E-state index in [1.54, 1.807) is 0 Å². The van der Waals surface area contributed by atoms with Crippen LogP contribution in [0.3, 0.4) is 0 Å². The Labute approximate surface area is 177 Å². The number of benzene rings is 2. The van der Waals surface area contributed by atoms with Crippen molar-refractivity contribution in [2.45, 2.75) is 24.2 Å². The molecule has 1 N–H and O–H groups in total. The number of hydrogen-bond acceptors (Lipinski definition) is 6. The Morgan fingerprint density at radius 1 is 1.16 bits per heavy atom. The Morgan fingerprint density at radius 3 is 2.41 bits per heavy atom. The molecule has 0 amide bonds. The summed E-state index contributed by atoms with van der Waals surface area (Å²) in [6, 6.07) is 8.70. The van der Waals surface area contributed by atoms with Crippen molar-refractivity contribution in [2.75, 3.05) is 13.2 Å². The summed E-state index contributed by atoms with van der Waals surface area (Å²) in [4.78, 5) is 13.6. The zero-order valence-electron chi connectivity index (χ0n) is 15.9. The van der Waals surface area contributed by atoms with Gasteiger partial charge in [-0.3, -0.25) is 5.32 Å². The number of carbonyl (C=O) groups excluding carboxylic acids is 1. The van der Waals surface area contributed by atoms with E-state index in [0.29, 0.717) is 11.8 Å². The number of isocyanates is 1. The molecule has 2 atom stereocenters. The molecule has 3 rings (SSSR count). The van der Waals surface area contributed by atoms with Crippen molar-refractivity contribution in [3.05, 3.63) is 59.2 Å². The molecule has 0 saturated carbocycles. The molecule has 1 heterocycles. The highest BCUT2D eigenvalue weighted by atomic mass is 19.4. The fourth-order valence-electron chi connectivity index (χ4n) is 3.14. The zero-order valence-corrected chi connectivity index (χ0v) is 15.9. The van der Waals surface area contributed by atoms with Crippen LogP contribution in [0.25, 0.3) is 0 Å². The Balaban J connectivity index is 1.84. The maximum absolute atomic E-state index is 13.9. The molecule has 0 aliphatic carbocycles.